The maximum atomic E-state index is 13.1. The molecular formula is C25H23NO5S. The first-order chi connectivity index (χ1) is 15.5. The second-order valence-corrected chi connectivity index (χ2v) is 9.93. The SMILES string of the molecule is O=C(Oc1ccc2oc3ccccc3c2c1)c1cccc(S(=O)(=O)N2CCCCCC2)c1. The van der Waals surface area contributed by atoms with E-state index in [9.17, 15) is 13.2 Å². The number of ether oxygens (including phenoxy) is 1. The summed E-state index contributed by atoms with van der Waals surface area (Å²) in [5.41, 5.74) is 1.66. The van der Waals surface area contributed by atoms with Gasteiger partial charge in [0.2, 0.25) is 10.0 Å². The van der Waals surface area contributed by atoms with Crippen molar-refractivity contribution in [3.05, 3.63) is 72.3 Å². The Labute approximate surface area is 186 Å². The van der Waals surface area contributed by atoms with E-state index in [1.807, 2.05) is 24.3 Å². The minimum atomic E-state index is -3.65. The Morgan fingerprint density at radius 3 is 2.38 bits per heavy atom. The summed E-state index contributed by atoms with van der Waals surface area (Å²) in [6, 6.07) is 18.9. The van der Waals surface area contributed by atoms with E-state index >= 15 is 0 Å². The Balaban J connectivity index is 1.41. The molecule has 7 heteroatoms. The molecule has 3 aromatic carbocycles. The van der Waals surface area contributed by atoms with Gasteiger partial charge < -0.3 is 9.15 Å². The van der Waals surface area contributed by atoms with Crippen LogP contribution in [0.2, 0.25) is 0 Å². The summed E-state index contributed by atoms with van der Waals surface area (Å²) in [5, 5.41) is 1.79. The summed E-state index contributed by atoms with van der Waals surface area (Å²) in [5.74, 6) is -0.236. The van der Waals surface area contributed by atoms with Crippen molar-refractivity contribution in [3.63, 3.8) is 0 Å². The molecule has 0 bridgehead atoms. The third-order valence-electron chi connectivity index (χ3n) is 5.83. The molecule has 32 heavy (non-hydrogen) atoms. The predicted octanol–water partition coefficient (Wildman–Crippen LogP) is 5.37. The van der Waals surface area contributed by atoms with Gasteiger partial charge in [0.15, 0.2) is 0 Å². The van der Waals surface area contributed by atoms with Crippen molar-refractivity contribution < 1.29 is 22.4 Å². The van der Waals surface area contributed by atoms with Gasteiger partial charge in [0.1, 0.15) is 16.9 Å². The number of para-hydroxylation sites is 1. The third kappa shape index (κ3) is 3.89. The van der Waals surface area contributed by atoms with Crippen LogP contribution in [0, 0.1) is 0 Å². The zero-order valence-electron chi connectivity index (χ0n) is 17.5. The van der Waals surface area contributed by atoms with Crippen LogP contribution in [0.25, 0.3) is 21.9 Å². The Morgan fingerprint density at radius 1 is 0.812 bits per heavy atom. The van der Waals surface area contributed by atoms with Crippen molar-refractivity contribution >= 4 is 37.9 Å². The van der Waals surface area contributed by atoms with E-state index in [0.29, 0.717) is 24.4 Å². The van der Waals surface area contributed by atoms with E-state index in [1.165, 1.54) is 16.4 Å². The number of sulfonamides is 1. The minimum Gasteiger partial charge on any atom is -0.456 e. The number of hydrogen-bond donors (Lipinski definition) is 0. The van der Waals surface area contributed by atoms with Crippen LogP contribution >= 0.6 is 0 Å². The van der Waals surface area contributed by atoms with E-state index in [-0.39, 0.29) is 10.5 Å². The van der Waals surface area contributed by atoms with Crippen molar-refractivity contribution in [1.82, 2.24) is 4.31 Å². The van der Waals surface area contributed by atoms with Crippen LogP contribution in [0.15, 0.2) is 76.0 Å². The largest absolute Gasteiger partial charge is 0.456 e. The van der Waals surface area contributed by atoms with Gasteiger partial charge in [-0.2, -0.15) is 4.31 Å². The molecule has 0 saturated carbocycles. The van der Waals surface area contributed by atoms with Crippen LogP contribution in [0.5, 0.6) is 5.75 Å². The Bertz CT molecular complexity index is 1400. The molecule has 0 N–H and O–H groups in total. The molecule has 5 rings (SSSR count). The lowest BCUT2D eigenvalue weighted by Gasteiger charge is -2.20. The summed E-state index contributed by atoms with van der Waals surface area (Å²) in [6.07, 6.45) is 3.78. The molecule has 1 aliphatic heterocycles. The standard InChI is InChI=1S/C25H23NO5S/c27-25(30-19-12-13-24-22(17-19)21-10-3-4-11-23(21)31-24)18-8-7-9-20(16-18)32(28,29)26-14-5-1-2-6-15-26/h3-4,7-13,16-17H,1-2,5-6,14-15H2. The fourth-order valence-electron chi connectivity index (χ4n) is 4.15. The second kappa shape index (κ2) is 8.41. The van der Waals surface area contributed by atoms with Crippen molar-refractivity contribution in [2.24, 2.45) is 0 Å². The summed E-state index contributed by atoms with van der Waals surface area (Å²) < 4.78 is 39.0. The predicted molar refractivity (Wildman–Crippen MR) is 122 cm³/mol. The quantitative estimate of drug-likeness (QED) is 0.309. The topological polar surface area (TPSA) is 76.8 Å². The van der Waals surface area contributed by atoms with E-state index < -0.39 is 16.0 Å². The molecule has 2 heterocycles. The molecule has 164 valence electrons. The van der Waals surface area contributed by atoms with Crippen LogP contribution < -0.4 is 4.74 Å². The van der Waals surface area contributed by atoms with Crippen molar-refractivity contribution in [2.75, 3.05) is 13.1 Å². The molecule has 0 amide bonds. The number of benzene rings is 3. The van der Waals surface area contributed by atoms with Crippen molar-refractivity contribution in [1.29, 1.82) is 0 Å². The fourth-order valence-corrected chi connectivity index (χ4v) is 5.71. The highest BCUT2D eigenvalue weighted by molar-refractivity contribution is 7.89. The molecule has 6 nitrogen and oxygen atoms in total. The van der Waals surface area contributed by atoms with Crippen LogP contribution in [-0.2, 0) is 10.0 Å². The van der Waals surface area contributed by atoms with Gasteiger partial charge in [0, 0.05) is 23.9 Å². The highest BCUT2D eigenvalue weighted by atomic mass is 32.2. The Kier molecular flexibility index (Phi) is 5.45. The van der Waals surface area contributed by atoms with E-state index in [0.717, 1.165) is 42.0 Å². The van der Waals surface area contributed by atoms with Gasteiger partial charge in [-0.1, -0.05) is 37.1 Å². The van der Waals surface area contributed by atoms with Crippen molar-refractivity contribution in [3.8, 4) is 5.75 Å². The summed E-state index contributed by atoms with van der Waals surface area (Å²) >= 11 is 0. The number of fused-ring (bicyclic) bond motifs is 3. The average molecular weight is 450 g/mol. The highest BCUT2D eigenvalue weighted by Gasteiger charge is 2.26. The Hall–Kier alpha value is -3.16. The van der Waals surface area contributed by atoms with E-state index in [1.54, 1.807) is 30.3 Å². The number of carbonyl (C=O) groups excluding carboxylic acids is 1. The Morgan fingerprint density at radius 2 is 1.56 bits per heavy atom. The molecule has 0 radical (unpaired) electrons. The summed E-state index contributed by atoms with van der Waals surface area (Å²) in [7, 11) is -3.65. The molecule has 0 unspecified atom stereocenters. The molecule has 0 aliphatic carbocycles. The zero-order valence-corrected chi connectivity index (χ0v) is 18.3. The number of esters is 1. The molecule has 0 atom stereocenters. The molecule has 4 aromatic rings. The van der Waals surface area contributed by atoms with Gasteiger partial charge in [-0.15, -0.1) is 0 Å². The van der Waals surface area contributed by atoms with Gasteiger partial charge in [0.05, 0.1) is 10.5 Å². The molecular weight excluding hydrogens is 426 g/mol. The summed E-state index contributed by atoms with van der Waals surface area (Å²) in [4.78, 5) is 12.9. The van der Waals surface area contributed by atoms with Crippen molar-refractivity contribution in [2.45, 2.75) is 30.6 Å². The van der Waals surface area contributed by atoms with Gasteiger partial charge in [-0.05, 0) is 55.3 Å². The molecule has 0 spiro atoms. The van der Waals surface area contributed by atoms with Gasteiger partial charge >= 0.3 is 5.97 Å². The third-order valence-corrected chi connectivity index (χ3v) is 7.73. The van der Waals surface area contributed by atoms with Gasteiger partial charge in [-0.3, -0.25) is 0 Å². The maximum absolute atomic E-state index is 13.1. The molecule has 1 aliphatic rings. The number of carbonyl (C=O) groups is 1. The number of nitrogens with zero attached hydrogens (tertiary/aromatic N) is 1. The molecule has 1 fully saturated rings. The normalized spacial score (nSPS) is 15.6. The van der Waals surface area contributed by atoms with Crippen LogP contribution in [0.4, 0.5) is 0 Å². The maximum Gasteiger partial charge on any atom is 0.343 e. The lowest BCUT2D eigenvalue weighted by atomic mass is 10.1. The van der Waals surface area contributed by atoms with Crippen LogP contribution in [0.1, 0.15) is 36.0 Å². The fraction of sp³-hybridized carbons (Fsp3) is 0.240. The van der Waals surface area contributed by atoms with Gasteiger partial charge in [-0.25, -0.2) is 13.2 Å². The lowest BCUT2D eigenvalue weighted by molar-refractivity contribution is 0.0734. The lowest BCUT2D eigenvalue weighted by Crippen LogP contribution is -2.32. The van der Waals surface area contributed by atoms with E-state index in [4.69, 9.17) is 9.15 Å². The highest BCUT2D eigenvalue weighted by Crippen LogP contribution is 2.31. The van der Waals surface area contributed by atoms with Crippen LogP contribution in [-0.4, -0.2) is 31.8 Å². The average Bonchev–Trinajstić information content (AvgIpc) is 2.97. The van der Waals surface area contributed by atoms with Crippen LogP contribution in [0.3, 0.4) is 0 Å². The monoisotopic (exact) mass is 449 g/mol. The minimum absolute atomic E-state index is 0.116. The first-order valence-electron chi connectivity index (χ1n) is 10.8. The second-order valence-electron chi connectivity index (χ2n) is 7.99. The molecule has 1 saturated heterocycles. The number of rotatable bonds is 4. The first kappa shape index (κ1) is 20.7. The first-order valence-corrected chi connectivity index (χ1v) is 12.2. The smallest absolute Gasteiger partial charge is 0.343 e. The van der Waals surface area contributed by atoms with E-state index in [2.05, 4.69) is 0 Å². The number of furan rings is 1. The van der Waals surface area contributed by atoms with Gasteiger partial charge in [0.25, 0.3) is 0 Å². The number of hydrogen-bond acceptors (Lipinski definition) is 5. The zero-order chi connectivity index (χ0) is 22.1. The summed E-state index contributed by atoms with van der Waals surface area (Å²) in [6.45, 7) is 1.02. The molecule has 1 aromatic heterocycles.